The van der Waals surface area contributed by atoms with Crippen LogP contribution < -0.4 is 4.90 Å². The van der Waals surface area contributed by atoms with E-state index in [1.54, 1.807) is 12.1 Å². The van der Waals surface area contributed by atoms with Crippen molar-refractivity contribution in [2.24, 2.45) is 0 Å². The Labute approximate surface area is 126 Å². The van der Waals surface area contributed by atoms with Gasteiger partial charge in [0.15, 0.2) is 0 Å². The lowest BCUT2D eigenvalue weighted by atomic mass is 9.87. The summed E-state index contributed by atoms with van der Waals surface area (Å²) in [5, 5.41) is 0. The van der Waals surface area contributed by atoms with E-state index in [9.17, 15) is 12.8 Å². The van der Waals surface area contributed by atoms with Crippen molar-refractivity contribution < 1.29 is 12.8 Å². The summed E-state index contributed by atoms with van der Waals surface area (Å²) in [5.74, 6) is -0.241. The minimum absolute atomic E-state index is 0.0889. The third-order valence-electron chi connectivity index (χ3n) is 3.86. The first-order valence-electron chi connectivity index (χ1n) is 7.09. The largest absolute Gasteiger partial charge is 0.367 e. The smallest absolute Gasteiger partial charge is 0.211 e. The lowest BCUT2D eigenvalue weighted by Crippen LogP contribution is -2.48. The molecule has 0 aliphatic carbocycles. The highest BCUT2D eigenvalue weighted by atomic mass is 32.2. The number of piperazine rings is 1. The molecule has 1 aromatic rings. The Morgan fingerprint density at radius 2 is 1.67 bits per heavy atom. The molecule has 1 saturated heterocycles. The van der Waals surface area contributed by atoms with Crippen LogP contribution in [0.2, 0.25) is 0 Å². The van der Waals surface area contributed by atoms with E-state index in [-0.39, 0.29) is 11.2 Å². The van der Waals surface area contributed by atoms with Crippen molar-refractivity contribution >= 4 is 15.7 Å². The Morgan fingerprint density at radius 3 is 2.10 bits per heavy atom. The van der Waals surface area contributed by atoms with E-state index in [1.807, 2.05) is 31.7 Å². The maximum atomic E-state index is 14.3. The molecular formula is C15H23FN2O2S. The summed E-state index contributed by atoms with van der Waals surface area (Å²) < 4.78 is 38.7. The number of hydrogen-bond acceptors (Lipinski definition) is 3. The molecule has 0 amide bonds. The molecule has 118 valence electrons. The SMILES string of the molecule is CC(C)(C)c1ccc(N2CCN(S(C)(=O)=O)CC2)c(F)c1. The predicted molar refractivity (Wildman–Crippen MR) is 83.7 cm³/mol. The molecule has 0 unspecified atom stereocenters. The summed E-state index contributed by atoms with van der Waals surface area (Å²) in [6.07, 6.45) is 1.21. The van der Waals surface area contributed by atoms with Crippen LogP contribution >= 0.6 is 0 Å². The maximum Gasteiger partial charge on any atom is 0.211 e. The predicted octanol–water partition coefficient (Wildman–Crippen LogP) is 2.20. The molecule has 4 nitrogen and oxygen atoms in total. The topological polar surface area (TPSA) is 40.6 Å². The summed E-state index contributed by atoms with van der Waals surface area (Å²) >= 11 is 0. The summed E-state index contributed by atoms with van der Waals surface area (Å²) in [5.41, 5.74) is 1.42. The van der Waals surface area contributed by atoms with Crippen LogP contribution in [0, 0.1) is 5.82 Å². The van der Waals surface area contributed by atoms with E-state index < -0.39 is 10.0 Å². The Hall–Kier alpha value is -1.14. The molecular weight excluding hydrogens is 291 g/mol. The second-order valence-electron chi connectivity index (χ2n) is 6.57. The van der Waals surface area contributed by atoms with Gasteiger partial charge in [0.2, 0.25) is 10.0 Å². The molecule has 0 N–H and O–H groups in total. The molecule has 1 aliphatic heterocycles. The first kappa shape index (κ1) is 16.2. The highest BCUT2D eigenvalue weighted by Crippen LogP contribution is 2.28. The van der Waals surface area contributed by atoms with Crippen molar-refractivity contribution in [3.63, 3.8) is 0 Å². The highest BCUT2D eigenvalue weighted by molar-refractivity contribution is 7.88. The molecule has 1 aromatic carbocycles. The van der Waals surface area contributed by atoms with Gasteiger partial charge in [-0.1, -0.05) is 26.8 Å². The van der Waals surface area contributed by atoms with Crippen molar-refractivity contribution in [2.75, 3.05) is 37.3 Å². The summed E-state index contributed by atoms with van der Waals surface area (Å²) in [6.45, 7) is 7.97. The fourth-order valence-electron chi connectivity index (χ4n) is 2.49. The Bertz CT molecular complexity index is 615. The van der Waals surface area contributed by atoms with Gasteiger partial charge in [-0.05, 0) is 23.1 Å². The van der Waals surface area contributed by atoms with Gasteiger partial charge in [-0.25, -0.2) is 12.8 Å². The van der Waals surface area contributed by atoms with Crippen LogP contribution in [0.4, 0.5) is 10.1 Å². The van der Waals surface area contributed by atoms with Gasteiger partial charge < -0.3 is 4.90 Å². The standard InChI is InChI=1S/C15H23FN2O2S/c1-15(2,3)12-5-6-14(13(16)11-12)17-7-9-18(10-8-17)21(4,19)20/h5-6,11H,7-10H2,1-4H3. The normalized spacial score (nSPS) is 18.0. The van der Waals surface area contributed by atoms with Crippen LogP contribution in [0.1, 0.15) is 26.3 Å². The Kier molecular flexibility index (Phi) is 4.31. The molecule has 1 aliphatic rings. The minimum Gasteiger partial charge on any atom is -0.367 e. The number of rotatable bonds is 2. The molecule has 1 fully saturated rings. The van der Waals surface area contributed by atoms with E-state index in [0.29, 0.717) is 31.9 Å². The molecule has 6 heteroatoms. The van der Waals surface area contributed by atoms with Crippen molar-refractivity contribution in [2.45, 2.75) is 26.2 Å². The van der Waals surface area contributed by atoms with E-state index in [1.165, 1.54) is 10.6 Å². The lowest BCUT2D eigenvalue weighted by molar-refractivity contribution is 0.386. The molecule has 21 heavy (non-hydrogen) atoms. The molecule has 2 rings (SSSR count). The third-order valence-corrected chi connectivity index (χ3v) is 5.17. The Balaban J connectivity index is 2.14. The first-order valence-corrected chi connectivity index (χ1v) is 8.94. The second-order valence-corrected chi connectivity index (χ2v) is 8.55. The van der Waals surface area contributed by atoms with Crippen molar-refractivity contribution in [1.82, 2.24) is 4.31 Å². The number of nitrogens with zero attached hydrogens (tertiary/aromatic N) is 2. The summed E-state index contributed by atoms with van der Waals surface area (Å²) in [7, 11) is -3.15. The van der Waals surface area contributed by atoms with Crippen LogP contribution in [-0.4, -0.2) is 45.2 Å². The Morgan fingerprint density at radius 1 is 1.10 bits per heavy atom. The number of halogens is 1. The summed E-state index contributed by atoms with van der Waals surface area (Å²) in [6, 6.07) is 5.33. The molecule has 0 bridgehead atoms. The van der Waals surface area contributed by atoms with E-state index in [0.717, 1.165) is 5.56 Å². The number of sulfonamides is 1. The van der Waals surface area contributed by atoms with Gasteiger partial charge in [-0.2, -0.15) is 4.31 Å². The van der Waals surface area contributed by atoms with Crippen LogP contribution in [0.15, 0.2) is 18.2 Å². The number of benzene rings is 1. The monoisotopic (exact) mass is 314 g/mol. The maximum absolute atomic E-state index is 14.3. The van der Waals surface area contributed by atoms with E-state index >= 15 is 0 Å². The summed E-state index contributed by atoms with van der Waals surface area (Å²) in [4.78, 5) is 1.91. The van der Waals surface area contributed by atoms with Gasteiger partial charge in [-0.3, -0.25) is 0 Å². The van der Waals surface area contributed by atoms with Crippen molar-refractivity contribution in [3.8, 4) is 0 Å². The van der Waals surface area contributed by atoms with E-state index in [4.69, 9.17) is 0 Å². The van der Waals surface area contributed by atoms with Crippen LogP contribution in [0.25, 0.3) is 0 Å². The fourth-order valence-corrected chi connectivity index (χ4v) is 3.32. The number of hydrogen-bond donors (Lipinski definition) is 0. The van der Waals surface area contributed by atoms with Gasteiger partial charge in [0.25, 0.3) is 0 Å². The average Bonchev–Trinajstić information content (AvgIpc) is 2.36. The van der Waals surface area contributed by atoms with Crippen LogP contribution in [0.3, 0.4) is 0 Å². The van der Waals surface area contributed by atoms with Gasteiger partial charge >= 0.3 is 0 Å². The van der Waals surface area contributed by atoms with Gasteiger partial charge in [0.1, 0.15) is 5.82 Å². The quantitative estimate of drug-likeness (QED) is 0.840. The first-order chi connectivity index (χ1) is 9.59. The van der Waals surface area contributed by atoms with Crippen molar-refractivity contribution in [1.29, 1.82) is 0 Å². The molecule has 1 heterocycles. The zero-order valence-corrected chi connectivity index (χ0v) is 13.9. The highest BCUT2D eigenvalue weighted by Gasteiger charge is 2.25. The van der Waals surface area contributed by atoms with Gasteiger partial charge in [-0.15, -0.1) is 0 Å². The average molecular weight is 314 g/mol. The van der Waals surface area contributed by atoms with E-state index in [2.05, 4.69) is 0 Å². The zero-order valence-electron chi connectivity index (χ0n) is 13.1. The second kappa shape index (κ2) is 5.57. The van der Waals surface area contributed by atoms with Gasteiger partial charge in [0, 0.05) is 26.2 Å². The van der Waals surface area contributed by atoms with Gasteiger partial charge in [0.05, 0.1) is 11.9 Å². The molecule has 0 atom stereocenters. The molecule has 0 radical (unpaired) electrons. The zero-order chi connectivity index (χ0) is 15.8. The van der Waals surface area contributed by atoms with Crippen LogP contribution in [0.5, 0.6) is 0 Å². The number of anilines is 1. The molecule has 0 aromatic heterocycles. The third kappa shape index (κ3) is 3.74. The van der Waals surface area contributed by atoms with Crippen molar-refractivity contribution in [3.05, 3.63) is 29.6 Å². The lowest BCUT2D eigenvalue weighted by Gasteiger charge is -2.35. The van der Waals surface area contributed by atoms with Crippen LogP contribution in [-0.2, 0) is 15.4 Å². The molecule has 0 saturated carbocycles. The fraction of sp³-hybridized carbons (Fsp3) is 0.600. The molecule has 0 spiro atoms. The minimum atomic E-state index is -3.15.